The summed E-state index contributed by atoms with van der Waals surface area (Å²) in [4.78, 5) is 4.41. The van der Waals surface area contributed by atoms with Crippen molar-refractivity contribution in [3.05, 3.63) is 35.1 Å². The van der Waals surface area contributed by atoms with E-state index in [1.165, 1.54) is 0 Å². The summed E-state index contributed by atoms with van der Waals surface area (Å²) in [5, 5.41) is 4.67. The molecule has 2 aromatic rings. The number of hydrogen-bond acceptors (Lipinski definition) is 4. The van der Waals surface area contributed by atoms with Crippen LogP contribution in [0.5, 0.6) is 0 Å². The summed E-state index contributed by atoms with van der Waals surface area (Å²) >= 11 is 5.94. The topological polar surface area (TPSA) is 64.9 Å². The third kappa shape index (κ3) is 2.02. The van der Waals surface area contributed by atoms with Crippen molar-refractivity contribution in [2.24, 2.45) is 5.73 Å². The van der Waals surface area contributed by atoms with Gasteiger partial charge in [-0.25, -0.2) is 0 Å². The lowest BCUT2D eigenvalue weighted by Crippen LogP contribution is -2.34. The first-order valence-corrected chi connectivity index (χ1v) is 6.44. The van der Waals surface area contributed by atoms with Gasteiger partial charge in [0.2, 0.25) is 0 Å². The van der Waals surface area contributed by atoms with Crippen LogP contribution in [0.3, 0.4) is 0 Å². The number of rotatable bonds is 2. The molecule has 0 aliphatic heterocycles. The van der Waals surface area contributed by atoms with Crippen LogP contribution in [0.2, 0.25) is 5.02 Å². The highest BCUT2D eigenvalue weighted by Gasteiger charge is 2.36. The summed E-state index contributed by atoms with van der Waals surface area (Å²) in [6, 6.07) is 7.36. The molecular weight excluding hydrogens is 250 g/mol. The molecule has 0 spiro atoms. The van der Waals surface area contributed by atoms with E-state index in [2.05, 4.69) is 10.1 Å². The van der Waals surface area contributed by atoms with Crippen LogP contribution >= 0.6 is 11.6 Å². The van der Waals surface area contributed by atoms with Crippen molar-refractivity contribution >= 4 is 11.6 Å². The Morgan fingerprint density at radius 3 is 2.78 bits per heavy atom. The summed E-state index contributed by atoms with van der Waals surface area (Å²) < 4.78 is 5.28. The molecule has 1 aromatic heterocycles. The second-order valence-corrected chi connectivity index (χ2v) is 5.23. The highest BCUT2D eigenvalue weighted by atomic mass is 35.5. The fourth-order valence-electron chi connectivity index (χ4n) is 2.39. The molecule has 1 aliphatic rings. The zero-order valence-corrected chi connectivity index (χ0v) is 10.7. The van der Waals surface area contributed by atoms with Crippen LogP contribution in [0, 0.1) is 0 Å². The van der Waals surface area contributed by atoms with Crippen molar-refractivity contribution in [1.29, 1.82) is 0 Å². The van der Waals surface area contributed by atoms with Gasteiger partial charge < -0.3 is 10.3 Å². The monoisotopic (exact) mass is 263 g/mol. The van der Waals surface area contributed by atoms with Gasteiger partial charge in [-0.3, -0.25) is 0 Å². The number of halogens is 1. The van der Waals surface area contributed by atoms with Gasteiger partial charge in [0, 0.05) is 10.6 Å². The third-order valence-electron chi connectivity index (χ3n) is 3.44. The highest BCUT2D eigenvalue weighted by molar-refractivity contribution is 6.30. The quantitative estimate of drug-likeness (QED) is 0.904. The SMILES string of the molecule is NC1(c2noc(-c3cccc(Cl)c3)n2)CCCC1. The Morgan fingerprint density at radius 1 is 1.28 bits per heavy atom. The van der Waals surface area contributed by atoms with Crippen LogP contribution in [-0.4, -0.2) is 10.1 Å². The molecule has 3 rings (SSSR count). The van der Waals surface area contributed by atoms with Crippen LogP contribution in [0.1, 0.15) is 31.5 Å². The van der Waals surface area contributed by atoms with E-state index < -0.39 is 5.54 Å². The molecule has 0 bridgehead atoms. The number of benzene rings is 1. The predicted octanol–water partition coefficient (Wildman–Crippen LogP) is 3.12. The van der Waals surface area contributed by atoms with E-state index in [1.54, 1.807) is 6.07 Å². The van der Waals surface area contributed by atoms with E-state index >= 15 is 0 Å². The lowest BCUT2D eigenvalue weighted by Gasteiger charge is -2.17. The summed E-state index contributed by atoms with van der Waals surface area (Å²) in [7, 11) is 0. The molecular formula is C13H14ClN3O. The number of hydrogen-bond donors (Lipinski definition) is 1. The molecule has 0 amide bonds. The molecule has 0 atom stereocenters. The standard InChI is InChI=1S/C13H14ClN3O/c14-10-5-3-4-9(8-10)11-16-12(17-18-11)13(15)6-1-2-7-13/h3-5,8H,1-2,6-7,15H2. The van der Waals surface area contributed by atoms with E-state index in [1.807, 2.05) is 18.2 Å². The van der Waals surface area contributed by atoms with Gasteiger partial charge in [0.15, 0.2) is 5.82 Å². The van der Waals surface area contributed by atoms with Crippen LogP contribution in [0.15, 0.2) is 28.8 Å². The Bertz CT molecular complexity index is 561. The summed E-state index contributed by atoms with van der Waals surface area (Å²) in [5.74, 6) is 1.08. The first-order valence-electron chi connectivity index (χ1n) is 6.06. The second-order valence-electron chi connectivity index (χ2n) is 4.80. The molecule has 1 saturated carbocycles. The molecule has 0 saturated heterocycles. The minimum atomic E-state index is -0.416. The van der Waals surface area contributed by atoms with Crippen LogP contribution < -0.4 is 5.73 Å². The zero-order valence-electron chi connectivity index (χ0n) is 9.90. The molecule has 4 nitrogen and oxygen atoms in total. The largest absolute Gasteiger partial charge is 0.334 e. The molecule has 2 N–H and O–H groups in total. The third-order valence-corrected chi connectivity index (χ3v) is 3.67. The maximum Gasteiger partial charge on any atom is 0.258 e. The lowest BCUT2D eigenvalue weighted by atomic mass is 9.99. The molecule has 18 heavy (non-hydrogen) atoms. The Labute approximate surface area is 110 Å². The zero-order chi connectivity index (χ0) is 12.6. The van der Waals surface area contributed by atoms with E-state index in [9.17, 15) is 0 Å². The van der Waals surface area contributed by atoms with E-state index in [0.29, 0.717) is 16.7 Å². The van der Waals surface area contributed by atoms with Crippen molar-refractivity contribution in [2.75, 3.05) is 0 Å². The van der Waals surface area contributed by atoms with Crippen LogP contribution in [0.4, 0.5) is 0 Å². The Morgan fingerprint density at radius 2 is 2.06 bits per heavy atom. The van der Waals surface area contributed by atoms with Crippen molar-refractivity contribution in [1.82, 2.24) is 10.1 Å². The van der Waals surface area contributed by atoms with Gasteiger partial charge in [0.25, 0.3) is 5.89 Å². The molecule has 1 fully saturated rings. The van der Waals surface area contributed by atoms with Gasteiger partial charge in [-0.1, -0.05) is 35.7 Å². The molecule has 0 radical (unpaired) electrons. The fourth-order valence-corrected chi connectivity index (χ4v) is 2.58. The minimum absolute atomic E-state index is 0.416. The van der Waals surface area contributed by atoms with Crippen LogP contribution in [-0.2, 0) is 5.54 Å². The molecule has 5 heteroatoms. The van der Waals surface area contributed by atoms with Gasteiger partial charge in [0.1, 0.15) is 0 Å². The maximum atomic E-state index is 6.29. The predicted molar refractivity (Wildman–Crippen MR) is 69.1 cm³/mol. The van der Waals surface area contributed by atoms with Gasteiger partial charge in [-0.05, 0) is 31.0 Å². The first kappa shape index (κ1) is 11.7. The average Bonchev–Trinajstić information content (AvgIpc) is 2.98. The lowest BCUT2D eigenvalue weighted by molar-refractivity contribution is 0.372. The summed E-state index contributed by atoms with van der Waals surface area (Å²) in [6.45, 7) is 0. The Kier molecular flexibility index (Phi) is 2.84. The number of aromatic nitrogens is 2. The normalized spacial score (nSPS) is 18.1. The molecule has 1 aliphatic carbocycles. The van der Waals surface area contributed by atoms with Crippen LogP contribution in [0.25, 0.3) is 11.5 Å². The van der Waals surface area contributed by atoms with Crippen molar-refractivity contribution in [3.63, 3.8) is 0 Å². The highest BCUT2D eigenvalue weighted by Crippen LogP contribution is 2.35. The molecule has 0 unspecified atom stereocenters. The molecule has 1 heterocycles. The average molecular weight is 264 g/mol. The Balaban J connectivity index is 1.94. The fraction of sp³-hybridized carbons (Fsp3) is 0.385. The van der Waals surface area contributed by atoms with Crippen molar-refractivity contribution in [2.45, 2.75) is 31.2 Å². The van der Waals surface area contributed by atoms with E-state index in [0.717, 1.165) is 31.2 Å². The van der Waals surface area contributed by atoms with Gasteiger partial charge >= 0.3 is 0 Å². The number of nitrogens with zero attached hydrogens (tertiary/aromatic N) is 2. The summed E-state index contributed by atoms with van der Waals surface area (Å²) in [5.41, 5.74) is 6.70. The van der Waals surface area contributed by atoms with Crippen molar-refractivity contribution in [3.8, 4) is 11.5 Å². The molecule has 1 aromatic carbocycles. The van der Waals surface area contributed by atoms with E-state index in [-0.39, 0.29) is 0 Å². The summed E-state index contributed by atoms with van der Waals surface area (Å²) in [6.07, 6.45) is 4.08. The van der Waals surface area contributed by atoms with Gasteiger partial charge in [0.05, 0.1) is 5.54 Å². The Hall–Kier alpha value is -1.39. The maximum absolute atomic E-state index is 6.29. The molecule has 94 valence electrons. The van der Waals surface area contributed by atoms with Crippen molar-refractivity contribution < 1.29 is 4.52 Å². The van der Waals surface area contributed by atoms with E-state index in [4.69, 9.17) is 21.9 Å². The number of nitrogens with two attached hydrogens (primary N) is 1. The smallest absolute Gasteiger partial charge is 0.258 e. The first-order chi connectivity index (χ1) is 8.67. The van der Waals surface area contributed by atoms with Gasteiger partial charge in [-0.2, -0.15) is 4.98 Å². The minimum Gasteiger partial charge on any atom is -0.334 e. The van der Waals surface area contributed by atoms with Gasteiger partial charge in [-0.15, -0.1) is 0 Å². The second kappa shape index (κ2) is 4.37.